The van der Waals surface area contributed by atoms with E-state index in [1.165, 1.54) is 11.0 Å². The molecule has 0 spiro atoms. The fourth-order valence-electron chi connectivity index (χ4n) is 7.43. The number of urea groups is 1. The summed E-state index contributed by atoms with van der Waals surface area (Å²) in [6, 6.07) is 22.0. The number of sulfone groups is 1. The van der Waals surface area contributed by atoms with Crippen molar-refractivity contribution in [2.45, 2.75) is 61.7 Å². The molecule has 1 saturated heterocycles. The summed E-state index contributed by atoms with van der Waals surface area (Å²) < 4.78 is 39.1. The maximum atomic E-state index is 14.5. The average Bonchev–Trinajstić information content (AvgIpc) is 3.72. The minimum absolute atomic E-state index is 0.00171. The summed E-state index contributed by atoms with van der Waals surface area (Å²) in [7, 11) is -2.49. The van der Waals surface area contributed by atoms with E-state index >= 15 is 0 Å². The Morgan fingerprint density at radius 2 is 1.76 bits per heavy atom. The normalized spacial score (nSPS) is 22.4. The lowest BCUT2D eigenvalue weighted by atomic mass is 9.92. The molecule has 55 heavy (non-hydrogen) atoms. The van der Waals surface area contributed by atoms with E-state index in [1.54, 1.807) is 55.6 Å². The summed E-state index contributed by atoms with van der Waals surface area (Å²) in [6.07, 6.45) is 2.12. The van der Waals surface area contributed by atoms with E-state index in [0.29, 0.717) is 33.7 Å². The molecule has 3 amide bonds. The van der Waals surface area contributed by atoms with Crippen molar-refractivity contribution in [1.82, 2.24) is 20.5 Å². The summed E-state index contributed by atoms with van der Waals surface area (Å²) in [5.41, 5.74) is 7.64. The third-order valence-corrected chi connectivity index (χ3v) is 12.3. The number of carboxylic acids is 1. The molecular formula is C41H47N5O8S. The third-order valence-electron chi connectivity index (χ3n) is 10.6. The Kier molecular flexibility index (Phi) is 10.9. The van der Waals surface area contributed by atoms with Crippen molar-refractivity contribution < 1.29 is 37.4 Å². The maximum absolute atomic E-state index is 14.5. The standard InChI is InChI=1S/C41H47N5O8S/c1-6-27-23-40(27,38(48)49)45-37(47)34-21-30(54-35-22-32(26-13-9-7-10-14-26)43-33-20-29(53-4)17-18-31(33)35)24-46(34)39(50)44-36(19-25(2)3)41(42,55(5,51)52)28-15-11-8-12-16-28/h6-18,20,22,25,27,30,34,36H,1,19,21,23-24,42H2,2-5H3,(H,44,50)(H,45,47)(H,48,49)/t27-,30-,34+,36?,40-,41?/m1/s1. The van der Waals surface area contributed by atoms with E-state index in [0.717, 1.165) is 11.8 Å². The number of ether oxygens (including phenoxy) is 2. The van der Waals surface area contributed by atoms with Crippen LogP contribution in [-0.2, 0) is 24.3 Å². The fourth-order valence-corrected chi connectivity index (χ4v) is 8.66. The zero-order valence-electron chi connectivity index (χ0n) is 31.3. The largest absolute Gasteiger partial charge is 0.497 e. The summed E-state index contributed by atoms with van der Waals surface area (Å²) in [5, 5.41) is 16.3. The first-order valence-corrected chi connectivity index (χ1v) is 20.0. The van der Waals surface area contributed by atoms with Crippen LogP contribution in [0.4, 0.5) is 4.79 Å². The number of carbonyl (C=O) groups excluding carboxylic acids is 2. The zero-order valence-corrected chi connectivity index (χ0v) is 32.1. The van der Waals surface area contributed by atoms with Crippen LogP contribution in [0.5, 0.6) is 11.5 Å². The Hall–Kier alpha value is -5.47. The highest BCUT2D eigenvalue weighted by Crippen LogP contribution is 2.45. The van der Waals surface area contributed by atoms with Gasteiger partial charge in [-0.1, -0.05) is 80.6 Å². The number of methoxy groups -OCH3 is 1. The van der Waals surface area contributed by atoms with Crippen LogP contribution in [0.3, 0.4) is 0 Å². The number of amides is 3. The van der Waals surface area contributed by atoms with Crippen LogP contribution in [-0.4, -0.2) is 85.0 Å². The topological polar surface area (TPSA) is 190 Å². The van der Waals surface area contributed by atoms with Gasteiger partial charge in [0.05, 0.1) is 30.9 Å². The number of likely N-dealkylation sites (tertiary alicyclic amines) is 1. The molecule has 0 bridgehead atoms. The predicted molar refractivity (Wildman–Crippen MR) is 209 cm³/mol. The molecule has 6 rings (SSSR count). The maximum Gasteiger partial charge on any atom is 0.330 e. The molecule has 1 aliphatic heterocycles. The van der Waals surface area contributed by atoms with Gasteiger partial charge >= 0.3 is 12.0 Å². The number of carbonyl (C=O) groups is 3. The van der Waals surface area contributed by atoms with Crippen LogP contribution >= 0.6 is 0 Å². The number of nitrogens with two attached hydrogens (primary N) is 1. The molecule has 5 N–H and O–H groups in total. The van der Waals surface area contributed by atoms with E-state index in [1.807, 2.05) is 50.2 Å². The molecule has 4 aromatic rings. The second-order valence-corrected chi connectivity index (χ2v) is 17.0. The molecule has 2 fully saturated rings. The molecule has 6 atom stereocenters. The minimum Gasteiger partial charge on any atom is -0.497 e. The minimum atomic E-state index is -4.05. The van der Waals surface area contributed by atoms with Crippen molar-refractivity contribution in [3.8, 4) is 22.8 Å². The number of rotatable bonds is 14. The van der Waals surface area contributed by atoms with Crippen molar-refractivity contribution >= 4 is 38.6 Å². The molecule has 2 unspecified atom stereocenters. The number of nitrogens with one attached hydrogen (secondary N) is 2. The van der Waals surface area contributed by atoms with Crippen LogP contribution < -0.4 is 25.8 Å². The Labute approximate surface area is 320 Å². The number of pyridine rings is 1. The van der Waals surface area contributed by atoms with Gasteiger partial charge < -0.3 is 35.8 Å². The number of aromatic nitrogens is 1. The highest BCUT2D eigenvalue weighted by molar-refractivity contribution is 7.91. The van der Waals surface area contributed by atoms with E-state index < -0.39 is 62.3 Å². The van der Waals surface area contributed by atoms with Gasteiger partial charge in [-0.15, -0.1) is 6.58 Å². The van der Waals surface area contributed by atoms with Gasteiger partial charge in [0.1, 0.15) is 29.2 Å². The molecular weight excluding hydrogens is 723 g/mol. The summed E-state index contributed by atoms with van der Waals surface area (Å²) in [6.45, 7) is 7.40. The summed E-state index contributed by atoms with van der Waals surface area (Å²) in [4.78, 5) is 45.1. The lowest BCUT2D eigenvalue weighted by Gasteiger charge is -2.39. The van der Waals surface area contributed by atoms with Gasteiger partial charge in [0.2, 0.25) is 5.91 Å². The molecule has 14 heteroatoms. The third kappa shape index (κ3) is 7.74. The van der Waals surface area contributed by atoms with Crippen LogP contribution in [0.15, 0.2) is 97.6 Å². The van der Waals surface area contributed by atoms with E-state index in [4.69, 9.17) is 20.2 Å². The molecule has 1 aliphatic carbocycles. The number of carboxylic acid groups (broad SMARTS) is 1. The quantitative estimate of drug-likeness (QED) is 0.129. The van der Waals surface area contributed by atoms with Crippen LogP contribution in [0, 0.1) is 11.8 Å². The van der Waals surface area contributed by atoms with Crippen molar-refractivity contribution in [1.29, 1.82) is 0 Å². The summed E-state index contributed by atoms with van der Waals surface area (Å²) >= 11 is 0. The smallest absolute Gasteiger partial charge is 0.330 e. The molecule has 13 nitrogen and oxygen atoms in total. The Morgan fingerprint density at radius 1 is 1.09 bits per heavy atom. The first kappa shape index (κ1) is 39.2. The number of hydrogen-bond acceptors (Lipinski definition) is 9. The van der Waals surface area contributed by atoms with E-state index in [2.05, 4.69) is 17.2 Å². The molecule has 290 valence electrons. The average molecular weight is 770 g/mol. The lowest BCUT2D eigenvalue weighted by Crippen LogP contribution is -2.63. The monoisotopic (exact) mass is 769 g/mol. The number of nitrogens with zero attached hydrogens (tertiary/aromatic N) is 2. The number of hydrogen-bond donors (Lipinski definition) is 4. The highest BCUT2D eigenvalue weighted by atomic mass is 32.2. The Bertz CT molecular complexity index is 2200. The number of aliphatic carboxylic acids is 1. The van der Waals surface area contributed by atoms with E-state index in [-0.39, 0.29) is 31.7 Å². The Morgan fingerprint density at radius 3 is 2.35 bits per heavy atom. The van der Waals surface area contributed by atoms with Crippen LogP contribution in [0.2, 0.25) is 0 Å². The lowest BCUT2D eigenvalue weighted by molar-refractivity contribution is -0.144. The van der Waals surface area contributed by atoms with Gasteiger partial charge in [-0.05, 0) is 36.5 Å². The summed E-state index contributed by atoms with van der Waals surface area (Å²) in [5.74, 6) is -1.43. The number of benzene rings is 3. The van der Waals surface area contributed by atoms with Gasteiger partial charge in [0.15, 0.2) is 14.7 Å². The second kappa shape index (κ2) is 15.3. The molecule has 3 aromatic carbocycles. The van der Waals surface area contributed by atoms with Crippen molar-refractivity contribution in [2.24, 2.45) is 17.6 Å². The van der Waals surface area contributed by atoms with E-state index in [9.17, 15) is 27.9 Å². The van der Waals surface area contributed by atoms with Crippen LogP contribution in [0.25, 0.3) is 22.2 Å². The molecule has 1 aromatic heterocycles. The second-order valence-electron chi connectivity index (χ2n) is 14.8. The predicted octanol–water partition coefficient (Wildman–Crippen LogP) is 4.86. The first-order valence-electron chi connectivity index (χ1n) is 18.1. The van der Waals surface area contributed by atoms with Crippen molar-refractivity contribution in [3.05, 3.63) is 103 Å². The van der Waals surface area contributed by atoms with Gasteiger partial charge in [-0.2, -0.15) is 0 Å². The van der Waals surface area contributed by atoms with Gasteiger partial charge in [0, 0.05) is 41.7 Å². The van der Waals surface area contributed by atoms with Gasteiger partial charge in [-0.25, -0.2) is 23.0 Å². The van der Waals surface area contributed by atoms with Crippen molar-refractivity contribution in [3.63, 3.8) is 0 Å². The molecule has 1 saturated carbocycles. The molecule has 2 aliphatic rings. The van der Waals surface area contributed by atoms with Gasteiger partial charge in [-0.3, -0.25) is 4.79 Å². The molecule has 0 radical (unpaired) electrons. The number of fused-ring (bicyclic) bond motifs is 1. The Balaban J connectivity index is 1.37. The van der Waals surface area contributed by atoms with Gasteiger partial charge in [0.25, 0.3) is 0 Å². The first-order chi connectivity index (χ1) is 26.1. The zero-order chi connectivity index (χ0) is 39.7. The van der Waals surface area contributed by atoms with Crippen molar-refractivity contribution in [2.75, 3.05) is 19.9 Å². The van der Waals surface area contributed by atoms with Crippen LogP contribution in [0.1, 0.15) is 38.7 Å². The SMILES string of the molecule is C=C[C@@H]1C[C@]1(NC(=O)[C@@H]1C[C@@H](Oc2cc(-c3ccccc3)nc3cc(OC)ccc23)CN1C(=O)NC(CC(C)C)C(N)(c1ccccc1)S(C)(=O)=O)C(=O)O. The highest BCUT2D eigenvalue weighted by Gasteiger charge is 2.61. The fraction of sp³-hybridized carbons (Fsp3) is 0.366. The molecule has 2 heterocycles.